The standard InChI is InChI=1S/C15H17NO/c1-3-10-4-7-14-12(8-10)13(9-16(14)2)15(17)11-5-6-11/h4,7-9,11H,3,5-6H2,1-2H3. The van der Waals surface area contributed by atoms with E-state index in [0.717, 1.165) is 35.7 Å². The number of carbonyl (C=O) groups is 1. The van der Waals surface area contributed by atoms with Gasteiger partial charge in [-0.15, -0.1) is 0 Å². The molecular formula is C15H17NO. The van der Waals surface area contributed by atoms with Gasteiger partial charge in [0.2, 0.25) is 0 Å². The predicted molar refractivity (Wildman–Crippen MR) is 69.4 cm³/mol. The first-order chi connectivity index (χ1) is 8.20. The van der Waals surface area contributed by atoms with E-state index in [4.69, 9.17) is 0 Å². The molecule has 17 heavy (non-hydrogen) atoms. The molecule has 0 atom stereocenters. The Morgan fingerprint density at radius 3 is 2.82 bits per heavy atom. The zero-order valence-corrected chi connectivity index (χ0v) is 10.4. The Morgan fingerprint density at radius 1 is 1.41 bits per heavy atom. The first kappa shape index (κ1) is 10.6. The number of rotatable bonds is 3. The number of benzene rings is 1. The lowest BCUT2D eigenvalue weighted by Crippen LogP contribution is -2.00. The lowest BCUT2D eigenvalue weighted by Gasteiger charge is -2.00. The van der Waals surface area contributed by atoms with E-state index in [0.29, 0.717) is 11.7 Å². The number of ketones is 1. The van der Waals surface area contributed by atoms with E-state index in [1.54, 1.807) is 0 Å². The Labute approximate surface area is 101 Å². The molecule has 1 aliphatic carbocycles. The Morgan fingerprint density at radius 2 is 2.18 bits per heavy atom. The van der Waals surface area contributed by atoms with Gasteiger partial charge in [-0.3, -0.25) is 4.79 Å². The highest BCUT2D eigenvalue weighted by Crippen LogP contribution is 2.35. The van der Waals surface area contributed by atoms with E-state index in [-0.39, 0.29) is 0 Å². The third-order valence-electron chi connectivity index (χ3n) is 3.68. The molecule has 2 heteroatoms. The molecule has 2 nitrogen and oxygen atoms in total. The minimum absolute atomic E-state index is 0.297. The fourth-order valence-corrected chi connectivity index (χ4v) is 2.42. The summed E-state index contributed by atoms with van der Waals surface area (Å²) in [5, 5.41) is 1.13. The van der Waals surface area contributed by atoms with Gasteiger partial charge >= 0.3 is 0 Å². The van der Waals surface area contributed by atoms with Crippen LogP contribution in [0.15, 0.2) is 24.4 Å². The van der Waals surface area contributed by atoms with Crippen molar-refractivity contribution in [2.24, 2.45) is 13.0 Å². The second-order valence-corrected chi connectivity index (χ2v) is 5.00. The molecule has 1 fully saturated rings. The number of hydrogen-bond donors (Lipinski definition) is 0. The minimum atomic E-state index is 0.297. The average Bonchev–Trinajstić information content (AvgIpc) is 3.14. The average molecular weight is 227 g/mol. The SMILES string of the molecule is CCc1ccc2c(c1)c(C(=O)C1CC1)cn2C. The van der Waals surface area contributed by atoms with Gasteiger partial charge in [0, 0.05) is 35.6 Å². The van der Waals surface area contributed by atoms with Crippen molar-refractivity contribution in [2.45, 2.75) is 26.2 Å². The zero-order valence-electron chi connectivity index (χ0n) is 10.4. The van der Waals surface area contributed by atoms with Crippen LogP contribution in [-0.4, -0.2) is 10.4 Å². The summed E-state index contributed by atoms with van der Waals surface area (Å²) in [4.78, 5) is 12.2. The maximum Gasteiger partial charge on any atom is 0.168 e. The van der Waals surface area contributed by atoms with E-state index in [2.05, 4.69) is 29.7 Å². The van der Waals surface area contributed by atoms with Crippen molar-refractivity contribution in [2.75, 3.05) is 0 Å². The number of aromatic nitrogens is 1. The summed E-state index contributed by atoms with van der Waals surface area (Å²) in [5.41, 5.74) is 3.38. The maximum atomic E-state index is 12.2. The fraction of sp³-hybridized carbons (Fsp3) is 0.400. The zero-order chi connectivity index (χ0) is 12.0. The quantitative estimate of drug-likeness (QED) is 0.737. The summed E-state index contributed by atoms with van der Waals surface area (Å²) in [5.74, 6) is 0.634. The normalized spacial score (nSPS) is 15.4. The van der Waals surface area contributed by atoms with Crippen molar-refractivity contribution in [3.63, 3.8) is 0 Å². The van der Waals surface area contributed by atoms with Crippen LogP contribution in [0.4, 0.5) is 0 Å². The summed E-state index contributed by atoms with van der Waals surface area (Å²) in [6, 6.07) is 6.44. The molecule has 3 rings (SSSR count). The highest BCUT2D eigenvalue weighted by Gasteiger charge is 2.32. The van der Waals surface area contributed by atoms with Crippen LogP contribution in [0.5, 0.6) is 0 Å². The predicted octanol–water partition coefficient (Wildman–Crippen LogP) is 3.33. The molecule has 2 aromatic rings. The molecule has 0 unspecified atom stereocenters. The number of hydrogen-bond acceptors (Lipinski definition) is 1. The molecule has 0 bridgehead atoms. The number of carbonyl (C=O) groups excluding carboxylic acids is 1. The van der Waals surface area contributed by atoms with Crippen molar-refractivity contribution >= 4 is 16.7 Å². The Bertz CT molecular complexity index is 590. The number of fused-ring (bicyclic) bond motifs is 1. The van der Waals surface area contributed by atoms with Crippen LogP contribution in [-0.2, 0) is 13.5 Å². The highest BCUT2D eigenvalue weighted by atomic mass is 16.1. The van der Waals surface area contributed by atoms with E-state index in [1.165, 1.54) is 5.56 Å². The van der Waals surface area contributed by atoms with Crippen LogP contribution >= 0.6 is 0 Å². The van der Waals surface area contributed by atoms with E-state index in [1.807, 2.05) is 13.2 Å². The Kier molecular flexibility index (Phi) is 2.32. The van der Waals surface area contributed by atoms with Crippen molar-refractivity contribution in [1.29, 1.82) is 0 Å². The summed E-state index contributed by atoms with van der Waals surface area (Å²) in [7, 11) is 2.01. The van der Waals surface area contributed by atoms with Gasteiger partial charge < -0.3 is 4.57 Å². The number of nitrogens with zero attached hydrogens (tertiary/aromatic N) is 1. The van der Waals surface area contributed by atoms with Crippen LogP contribution in [0, 0.1) is 5.92 Å². The van der Waals surface area contributed by atoms with Crippen molar-refractivity contribution < 1.29 is 4.79 Å². The highest BCUT2D eigenvalue weighted by molar-refractivity contribution is 6.10. The summed E-state index contributed by atoms with van der Waals surface area (Å²) in [6.45, 7) is 2.15. The van der Waals surface area contributed by atoms with Gasteiger partial charge in [-0.25, -0.2) is 0 Å². The smallest absolute Gasteiger partial charge is 0.168 e. The van der Waals surface area contributed by atoms with Crippen molar-refractivity contribution in [1.82, 2.24) is 4.57 Å². The van der Waals surface area contributed by atoms with E-state index >= 15 is 0 Å². The Balaban J connectivity index is 2.19. The molecule has 1 aromatic heterocycles. The lowest BCUT2D eigenvalue weighted by molar-refractivity contribution is 0.0969. The third-order valence-corrected chi connectivity index (χ3v) is 3.68. The topological polar surface area (TPSA) is 22.0 Å². The summed E-state index contributed by atoms with van der Waals surface area (Å²) >= 11 is 0. The van der Waals surface area contributed by atoms with E-state index in [9.17, 15) is 4.79 Å². The largest absolute Gasteiger partial charge is 0.350 e. The van der Waals surface area contributed by atoms with Crippen LogP contribution < -0.4 is 0 Å². The van der Waals surface area contributed by atoms with Crippen LogP contribution in [0.25, 0.3) is 10.9 Å². The van der Waals surface area contributed by atoms with Gasteiger partial charge in [0.05, 0.1) is 0 Å². The summed E-state index contributed by atoms with van der Waals surface area (Å²) < 4.78 is 2.06. The lowest BCUT2D eigenvalue weighted by atomic mass is 10.0. The first-order valence-electron chi connectivity index (χ1n) is 6.33. The van der Waals surface area contributed by atoms with Gasteiger partial charge in [-0.2, -0.15) is 0 Å². The molecule has 1 aliphatic rings. The molecular weight excluding hydrogens is 210 g/mol. The van der Waals surface area contributed by atoms with Crippen molar-refractivity contribution in [3.8, 4) is 0 Å². The van der Waals surface area contributed by atoms with Gasteiger partial charge in [-0.1, -0.05) is 13.0 Å². The van der Waals surface area contributed by atoms with Gasteiger partial charge in [0.1, 0.15) is 0 Å². The molecule has 88 valence electrons. The molecule has 1 aromatic carbocycles. The Hall–Kier alpha value is -1.57. The third kappa shape index (κ3) is 1.68. The van der Waals surface area contributed by atoms with Gasteiger partial charge in [0.15, 0.2) is 5.78 Å². The second-order valence-electron chi connectivity index (χ2n) is 5.00. The molecule has 0 amide bonds. The fourth-order valence-electron chi connectivity index (χ4n) is 2.42. The molecule has 0 N–H and O–H groups in total. The number of aryl methyl sites for hydroxylation is 2. The van der Waals surface area contributed by atoms with Crippen molar-refractivity contribution in [3.05, 3.63) is 35.5 Å². The van der Waals surface area contributed by atoms with Gasteiger partial charge in [-0.05, 0) is 37.0 Å². The maximum absolute atomic E-state index is 12.2. The molecule has 0 saturated heterocycles. The molecule has 1 heterocycles. The van der Waals surface area contributed by atoms with Crippen LogP contribution in [0.1, 0.15) is 35.7 Å². The second kappa shape index (κ2) is 3.73. The molecule has 0 spiro atoms. The molecule has 0 radical (unpaired) electrons. The van der Waals surface area contributed by atoms with E-state index < -0.39 is 0 Å². The van der Waals surface area contributed by atoms with Gasteiger partial charge in [0.25, 0.3) is 0 Å². The van der Waals surface area contributed by atoms with Crippen LogP contribution in [0.3, 0.4) is 0 Å². The first-order valence-corrected chi connectivity index (χ1v) is 6.33. The molecule has 0 aliphatic heterocycles. The molecule has 1 saturated carbocycles. The monoisotopic (exact) mass is 227 g/mol. The number of Topliss-reactive ketones (excluding diaryl/α,β-unsaturated/α-hetero) is 1. The summed E-state index contributed by atoms with van der Waals surface area (Å²) in [6.07, 6.45) is 5.15. The van der Waals surface area contributed by atoms with Crippen LogP contribution in [0.2, 0.25) is 0 Å². The minimum Gasteiger partial charge on any atom is -0.350 e.